The Labute approximate surface area is 101 Å². The molecule has 1 aromatic rings. The maximum atomic E-state index is 13.3. The predicted octanol–water partition coefficient (Wildman–Crippen LogP) is 0.474. The van der Waals surface area contributed by atoms with Crippen molar-refractivity contribution in [3.8, 4) is 0 Å². The van der Waals surface area contributed by atoms with Crippen molar-refractivity contribution in [3.63, 3.8) is 0 Å². The van der Waals surface area contributed by atoms with Gasteiger partial charge in [-0.3, -0.25) is 0 Å². The first-order chi connectivity index (χ1) is 7.65. The van der Waals surface area contributed by atoms with E-state index < -0.39 is 24.3 Å². The largest absolute Gasteiger partial charge is 0.496 e. The summed E-state index contributed by atoms with van der Waals surface area (Å²) in [6.45, 7) is 6.34. The smallest absolute Gasteiger partial charge is 0.423 e. The first kappa shape index (κ1) is 14.1. The molecule has 0 saturated heterocycles. The molecule has 6 heteroatoms. The quantitative estimate of drug-likeness (QED) is 0.594. The summed E-state index contributed by atoms with van der Waals surface area (Å²) in [5.41, 5.74) is -2.26. The van der Waals surface area contributed by atoms with Crippen molar-refractivity contribution in [2.75, 3.05) is 0 Å². The molecule has 0 unspecified atom stereocenters. The minimum atomic E-state index is -1.47. The Balaban J connectivity index is 2.87. The molecule has 0 atom stereocenters. The van der Waals surface area contributed by atoms with Crippen molar-refractivity contribution in [1.29, 1.82) is 0 Å². The average Bonchev–Trinajstić information content (AvgIpc) is 2.15. The third-order valence-electron chi connectivity index (χ3n) is 2.93. The highest BCUT2D eigenvalue weighted by Crippen LogP contribution is 2.25. The molecule has 0 aromatic carbocycles. The minimum absolute atomic E-state index is 0.0511. The SMILES string of the molecule is CC(C)(O)C(C)(C)OB(O)c1cccnc1F. The Hall–Kier alpha value is -0.975. The van der Waals surface area contributed by atoms with Crippen molar-refractivity contribution in [2.45, 2.75) is 38.9 Å². The summed E-state index contributed by atoms with van der Waals surface area (Å²) in [7, 11) is -1.47. The van der Waals surface area contributed by atoms with Crippen molar-refractivity contribution in [3.05, 3.63) is 24.3 Å². The highest BCUT2D eigenvalue weighted by atomic mass is 19.1. The van der Waals surface area contributed by atoms with E-state index in [2.05, 4.69) is 4.98 Å². The fraction of sp³-hybridized carbons (Fsp3) is 0.545. The summed E-state index contributed by atoms with van der Waals surface area (Å²) >= 11 is 0. The van der Waals surface area contributed by atoms with Gasteiger partial charge in [-0.2, -0.15) is 4.39 Å². The van der Waals surface area contributed by atoms with Crippen LogP contribution in [0.25, 0.3) is 0 Å². The highest BCUT2D eigenvalue weighted by Gasteiger charge is 2.40. The number of hydrogen-bond acceptors (Lipinski definition) is 4. The standard InChI is InChI=1S/C11H17BFNO3/c1-10(2,15)11(3,4)17-12(16)8-6-5-7-14-9(8)13/h5-7,15-16H,1-4H3. The average molecular weight is 241 g/mol. The van der Waals surface area contributed by atoms with Crippen LogP contribution in [0.5, 0.6) is 0 Å². The molecule has 4 nitrogen and oxygen atoms in total. The third-order valence-corrected chi connectivity index (χ3v) is 2.93. The fourth-order valence-electron chi connectivity index (χ4n) is 1.07. The fourth-order valence-corrected chi connectivity index (χ4v) is 1.07. The second kappa shape index (κ2) is 4.72. The van der Waals surface area contributed by atoms with E-state index in [-0.39, 0.29) is 5.46 Å². The third kappa shape index (κ3) is 3.25. The zero-order chi connectivity index (χ0) is 13.3. The molecule has 0 saturated carbocycles. The van der Waals surface area contributed by atoms with Gasteiger partial charge < -0.3 is 14.8 Å². The Bertz CT molecular complexity index is 393. The lowest BCUT2D eigenvalue weighted by Crippen LogP contribution is -2.53. The van der Waals surface area contributed by atoms with Crippen LogP contribution in [0.4, 0.5) is 4.39 Å². The first-order valence-electron chi connectivity index (χ1n) is 5.34. The Morgan fingerprint density at radius 2 is 1.94 bits per heavy atom. The summed E-state index contributed by atoms with van der Waals surface area (Å²) in [4.78, 5) is 3.42. The molecule has 0 radical (unpaired) electrons. The van der Waals surface area contributed by atoms with Gasteiger partial charge in [0.05, 0.1) is 11.2 Å². The van der Waals surface area contributed by atoms with Crippen LogP contribution in [0.15, 0.2) is 18.3 Å². The molecule has 0 aliphatic rings. The van der Waals surface area contributed by atoms with Gasteiger partial charge >= 0.3 is 7.12 Å². The maximum absolute atomic E-state index is 13.3. The van der Waals surface area contributed by atoms with Crippen LogP contribution in [0.3, 0.4) is 0 Å². The Morgan fingerprint density at radius 3 is 2.41 bits per heavy atom. The van der Waals surface area contributed by atoms with Crippen LogP contribution in [-0.4, -0.2) is 33.4 Å². The molecule has 1 rings (SSSR count). The predicted molar refractivity (Wildman–Crippen MR) is 63.3 cm³/mol. The minimum Gasteiger partial charge on any atom is -0.423 e. The van der Waals surface area contributed by atoms with Crippen LogP contribution in [0, 0.1) is 5.95 Å². The number of nitrogens with zero attached hydrogens (tertiary/aromatic N) is 1. The summed E-state index contributed by atoms with van der Waals surface area (Å²) in [5.74, 6) is -0.786. The molecule has 1 aromatic heterocycles. The van der Waals surface area contributed by atoms with E-state index in [0.717, 1.165) is 0 Å². The lowest BCUT2D eigenvalue weighted by molar-refractivity contribution is -0.0983. The van der Waals surface area contributed by atoms with Gasteiger partial charge in [-0.05, 0) is 33.8 Å². The van der Waals surface area contributed by atoms with Crippen LogP contribution in [0.1, 0.15) is 27.7 Å². The Morgan fingerprint density at radius 1 is 1.35 bits per heavy atom. The number of rotatable bonds is 4. The van der Waals surface area contributed by atoms with Gasteiger partial charge in [-0.15, -0.1) is 0 Å². The molecule has 0 spiro atoms. The van der Waals surface area contributed by atoms with Gasteiger partial charge in [0, 0.05) is 11.7 Å². The van der Waals surface area contributed by atoms with Gasteiger partial charge in [-0.25, -0.2) is 4.98 Å². The molecular weight excluding hydrogens is 224 g/mol. The summed E-state index contributed by atoms with van der Waals surface area (Å²) < 4.78 is 18.6. The van der Waals surface area contributed by atoms with Crippen molar-refractivity contribution in [2.24, 2.45) is 0 Å². The molecule has 0 fully saturated rings. The van der Waals surface area contributed by atoms with Gasteiger partial charge in [0.25, 0.3) is 0 Å². The number of hydrogen-bond donors (Lipinski definition) is 2. The van der Waals surface area contributed by atoms with E-state index in [1.807, 2.05) is 0 Å². The summed E-state index contributed by atoms with van der Waals surface area (Å²) in [5, 5.41) is 19.7. The number of pyridine rings is 1. The van der Waals surface area contributed by atoms with Crippen molar-refractivity contribution < 1.29 is 19.2 Å². The van der Waals surface area contributed by atoms with E-state index in [0.29, 0.717) is 0 Å². The van der Waals surface area contributed by atoms with Crippen LogP contribution < -0.4 is 5.46 Å². The molecule has 17 heavy (non-hydrogen) atoms. The van der Waals surface area contributed by atoms with Crippen LogP contribution in [-0.2, 0) is 4.65 Å². The lowest BCUT2D eigenvalue weighted by atomic mass is 9.77. The van der Waals surface area contributed by atoms with E-state index in [1.54, 1.807) is 27.7 Å². The molecule has 94 valence electrons. The van der Waals surface area contributed by atoms with Gasteiger partial charge in [0.2, 0.25) is 5.95 Å². The van der Waals surface area contributed by atoms with E-state index in [9.17, 15) is 14.5 Å². The van der Waals surface area contributed by atoms with E-state index in [1.165, 1.54) is 18.3 Å². The zero-order valence-corrected chi connectivity index (χ0v) is 10.4. The maximum Gasteiger partial charge on any atom is 0.496 e. The number of aliphatic hydroxyl groups is 1. The molecule has 0 amide bonds. The highest BCUT2D eigenvalue weighted by molar-refractivity contribution is 6.60. The second-order valence-corrected chi connectivity index (χ2v) is 4.92. The van der Waals surface area contributed by atoms with E-state index >= 15 is 0 Å². The number of halogens is 1. The zero-order valence-electron chi connectivity index (χ0n) is 10.4. The topological polar surface area (TPSA) is 62.6 Å². The molecule has 0 aliphatic carbocycles. The Kier molecular flexibility index (Phi) is 3.91. The summed E-state index contributed by atoms with van der Waals surface area (Å²) in [6, 6.07) is 2.88. The first-order valence-corrected chi connectivity index (χ1v) is 5.34. The van der Waals surface area contributed by atoms with Gasteiger partial charge in [-0.1, -0.05) is 6.07 Å². The summed E-state index contributed by atoms with van der Waals surface area (Å²) in [6.07, 6.45) is 1.28. The monoisotopic (exact) mass is 241 g/mol. The van der Waals surface area contributed by atoms with Crippen LogP contribution >= 0.6 is 0 Å². The van der Waals surface area contributed by atoms with E-state index in [4.69, 9.17) is 4.65 Å². The molecule has 2 N–H and O–H groups in total. The molecule has 0 bridgehead atoms. The van der Waals surface area contributed by atoms with Gasteiger partial charge in [0.15, 0.2) is 0 Å². The lowest BCUT2D eigenvalue weighted by Gasteiger charge is -2.38. The second-order valence-electron chi connectivity index (χ2n) is 4.92. The number of aromatic nitrogens is 1. The molecular formula is C11H17BFNO3. The van der Waals surface area contributed by atoms with Gasteiger partial charge in [0.1, 0.15) is 0 Å². The van der Waals surface area contributed by atoms with Crippen molar-refractivity contribution >= 4 is 12.6 Å². The molecule has 1 heterocycles. The van der Waals surface area contributed by atoms with Crippen LogP contribution in [0.2, 0.25) is 0 Å². The normalized spacial score (nSPS) is 12.6. The van der Waals surface area contributed by atoms with Crippen molar-refractivity contribution in [1.82, 2.24) is 4.98 Å². The molecule has 0 aliphatic heterocycles.